The Morgan fingerprint density at radius 2 is 2.05 bits per heavy atom. The normalized spacial score (nSPS) is 22.7. The molecular weight excluding hydrogens is 274 g/mol. The van der Waals surface area contributed by atoms with Crippen LogP contribution >= 0.6 is 0 Å². The molecule has 0 bridgehead atoms. The number of aromatic amines is 1. The number of morpholine rings is 1. The monoisotopic (exact) mass is 291 g/mol. The van der Waals surface area contributed by atoms with Crippen LogP contribution < -0.4 is 5.56 Å². The fraction of sp³-hybridized carbons (Fsp3) is 0.500. The van der Waals surface area contributed by atoms with Crippen LogP contribution in [-0.4, -0.2) is 46.1 Å². The molecule has 2 atom stereocenters. The lowest BCUT2D eigenvalue weighted by Crippen LogP contribution is -2.48. The minimum Gasteiger partial charge on any atom is -0.442 e. The molecule has 2 aromatic heterocycles. The number of furan rings is 1. The van der Waals surface area contributed by atoms with Gasteiger partial charge in [0.15, 0.2) is 0 Å². The van der Waals surface area contributed by atoms with Crippen molar-refractivity contribution in [1.82, 2.24) is 14.9 Å². The van der Waals surface area contributed by atoms with E-state index >= 15 is 0 Å². The first-order valence-corrected chi connectivity index (χ1v) is 6.89. The van der Waals surface area contributed by atoms with E-state index in [9.17, 15) is 9.59 Å². The SMILES string of the molecule is Cc1oc2nc[nH]c(=O)c2c1C(=O)N1C[C@@H](C)O[C@@H](C)C1. The minimum absolute atomic E-state index is 0.0346. The van der Waals surface area contributed by atoms with Gasteiger partial charge in [0.25, 0.3) is 11.5 Å². The fourth-order valence-electron chi connectivity index (χ4n) is 2.81. The van der Waals surface area contributed by atoms with E-state index < -0.39 is 0 Å². The van der Waals surface area contributed by atoms with Gasteiger partial charge in [-0.1, -0.05) is 0 Å². The van der Waals surface area contributed by atoms with Crippen LogP contribution in [0, 0.1) is 6.92 Å². The molecule has 1 aliphatic heterocycles. The molecule has 0 aliphatic carbocycles. The first-order valence-electron chi connectivity index (χ1n) is 6.89. The molecule has 0 aromatic carbocycles. The van der Waals surface area contributed by atoms with E-state index in [1.165, 1.54) is 6.33 Å². The Kier molecular flexibility index (Phi) is 3.29. The molecule has 1 amide bonds. The van der Waals surface area contributed by atoms with Crippen molar-refractivity contribution in [3.63, 3.8) is 0 Å². The molecule has 3 heterocycles. The van der Waals surface area contributed by atoms with Crippen LogP contribution in [0.2, 0.25) is 0 Å². The molecular formula is C14H17N3O4. The lowest BCUT2D eigenvalue weighted by molar-refractivity contribution is -0.0586. The number of nitrogens with zero attached hydrogens (tertiary/aromatic N) is 2. The third-order valence-electron chi connectivity index (χ3n) is 3.59. The predicted molar refractivity (Wildman–Crippen MR) is 75.3 cm³/mol. The highest BCUT2D eigenvalue weighted by Gasteiger charge is 2.31. The van der Waals surface area contributed by atoms with Gasteiger partial charge in [-0.2, -0.15) is 0 Å². The van der Waals surface area contributed by atoms with Crippen molar-refractivity contribution in [1.29, 1.82) is 0 Å². The molecule has 1 aliphatic rings. The first-order chi connectivity index (χ1) is 9.97. The molecule has 2 aromatic rings. The Morgan fingerprint density at radius 1 is 1.38 bits per heavy atom. The largest absolute Gasteiger partial charge is 0.442 e. The highest BCUT2D eigenvalue weighted by Crippen LogP contribution is 2.23. The molecule has 3 rings (SSSR count). The van der Waals surface area contributed by atoms with Gasteiger partial charge in [-0.15, -0.1) is 0 Å². The topological polar surface area (TPSA) is 88.4 Å². The molecule has 112 valence electrons. The van der Waals surface area contributed by atoms with E-state index in [1.54, 1.807) is 11.8 Å². The number of aromatic nitrogens is 2. The van der Waals surface area contributed by atoms with Crippen molar-refractivity contribution >= 4 is 17.0 Å². The summed E-state index contributed by atoms with van der Waals surface area (Å²) in [7, 11) is 0. The number of carbonyl (C=O) groups is 1. The van der Waals surface area contributed by atoms with Crippen molar-refractivity contribution in [3.05, 3.63) is 28.0 Å². The number of nitrogens with one attached hydrogen (secondary N) is 1. The van der Waals surface area contributed by atoms with E-state index in [0.717, 1.165) is 0 Å². The summed E-state index contributed by atoms with van der Waals surface area (Å²) in [5.74, 6) is 0.192. The van der Waals surface area contributed by atoms with E-state index in [-0.39, 0.29) is 34.8 Å². The van der Waals surface area contributed by atoms with Gasteiger partial charge in [0.05, 0.1) is 24.1 Å². The number of ether oxygens (including phenoxy) is 1. The number of H-pyrrole nitrogens is 1. The molecule has 0 unspecified atom stereocenters. The van der Waals surface area contributed by atoms with Crippen LogP contribution in [0.15, 0.2) is 15.5 Å². The smallest absolute Gasteiger partial charge is 0.262 e. The Balaban J connectivity index is 2.06. The zero-order chi connectivity index (χ0) is 15.1. The van der Waals surface area contributed by atoms with Crippen molar-refractivity contribution in [2.24, 2.45) is 0 Å². The van der Waals surface area contributed by atoms with Gasteiger partial charge in [-0.3, -0.25) is 9.59 Å². The second-order valence-corrected chi connectivity index (χ2v) is 5.41. The Labute approximate surface area is 120 Å². The summed E-state index contributed by atoms with van der Waals surface area (Å²) in [5.41, 5.74) is 0.115. The van der Waals surface area contributed by atoms with Gasteiger partial charge < -0.3 is 19.0 Å². The minimum atomic E-state index is -0.366. The average Bonchev–Trinajstić information content (AvgIpc) is 2.74. The summed E-state index contributed by atoms with van der Waals surface area (Å²) in [4.78, 5) is 32.9. The number of amides is 1. The van der Waals surface area contributed by atoms with Crippen LogP contribution in [0.25, 0.3) is 11.1 Å². The Bertz CT molecular complexity index is 738. The van der Waals surface area contributed by atoms with E-state index in [1.807, 2.05) is 13.8 Å². The number of hydrogen-bond donors (Lipinski definition) is 1. The number of fused-ring (bicyclic) bond motifs is 1. The molecule has 1 fully saturated rings. The van der Waals surface area contributed by atoms with Crippen LogP contribution in [0.5, 0.6) is 0 Å². The Morgan fingerprint density at radius 3 is 2.71 bits per heavy atom. The zero-order valence-corrected chi connectivity index (χ0v) is 12.2. The molecule has 0 spiro atoms. The first kappa shape index (κ1) is 13.8. The van der Waals surface area contributed by atoms with Crippen LogP contribution in [0.1, 0.15) is 30.0 Å². The average molecular weight is 291 g/mol. The molecule has 1 N–H and O–H groups in total. The second kappa shape index (κ2) is 5.00. The van der Waals surface area contributed by atoms with E-state index in [0.29, 0.717) is 24.4 Å². The highest BCUT2D eigenvalue weighted by atomic mass is 16.5. The lowest BCUT2D eigenvalue weighted by atomic mass is 10.1. The quantitative estimate of drug-likeness (QED) is 0.849. The molecule has 21 heavy (non-hydrogen) atoms. The number of hydrogen-bond acceptors (Lipinski definition) is 5. The number of rotatable bonds is 1. The molecule has 0 saturated carbocycles. The zero-order valence-electron chi connectivity index (χ0n) is 12.2. The third kappa shape index (κ3) is 2.33. The van der Waals surface area contributed by atoms with Crippen LogP contribution in [0.4, 0.5) is 0 Å². The summed E-state index contributed by atoms with van der Waals surface area (Å²) < 4.78 is 11.1. The maximum absolute atomic E-state index is 12.8. The summed E-state index contributed by atoms with van der Waals surface area (Å²) in [5, 5.41) is 0.215. The van der Waals surface area contributed by atoms with Crippen molar-refractivity contribution in [2.75, 3.05) is 13.1 Å². The summed E-state index contributed by atoms with van der Waals surface area (Å²) in [6.07, 6.45) is 1.20. The number of aryl methyl sites for hydroxylation is 1. The number of carbonyl (C=O) groups excluding carboxylic acids is 1. The van der Waals surface area contributed by atoms with Crippen molar-refractivity contribution in [2.45, 2.75) is 33.0 Å². The van der Waals surface area contributed by atoms with Gasteiger partial charge in [0.1, 0.15) is 11.1 Å². The Hall–Kier alpha value is -2.15. The van der Waals surface area contributed by atoms with Gasteiger partial charge in [-0.25, -0.2) is 4.98 Å². The van der Waals surface area contributed by atoms with Crippen molar-refractivity contribution in [3.8, 4) is 0 Å². The van der Waals surface area contributed by atoms with Gasteiger partial charge in [0.2, 0.25) is 5.71 Å². The maximum Gasteiger partial charge on any atom is 0.262 e. The highest BCUT2D eigenvalue weighted by molar-refractivity contribution is 6.06. The maximum atomic E-state index is 12.8. The van der Waals surface area contributed by atoms with Gasteiger partial charge in [-0.05, 0) is 20.8 Å². The third-order valence-corrected chi connectivity index (χ3v) is 3.59. The van der Waals surface area contributed by atoms with Crippen LogP contribution in [-0.2, 0) is 4.74 Å². The molecule has 0 radical (unpaired) electrons. The van der Waals surface area contributed by atoms with E-state index in [4.69, 9.17) is 9.15 Å². The predicted octanol–water partition coefficient (Wildman–Crippen LogP) is 1.07. The molecule has 7 heteroatoms. The molecule has 7 nitrogen and oxygen atoms in total. The van der Waals surface area contributed by atoms with Crippen molar-refractivity contribution < 1.29 is 13.9 Å². The fourth-order valence-corrected chi connectivity index (χ4v) is 2.81. The van der Waals surface area contributed by atoms with E-state index in [2.05, 4.69) is 9.97 Å². The van der Waals surface area contributed by atoms with Crippen LogP contribution in [0.3, 0.4) is 0 Å². The summed E-state index contributed by atoms with van der Waals surface area (Å²) in [6, 6.07) is 0. The second-order valence-electron chi connectivity index (χ2n) is 5.41. The standard InChI is InChI=1S/C14H17N3O4/c1-7-4-17(5-8(2)20-7)14(19)10-9(3)21-13-11(10)12(18)15-6-16-13/h6-8H,4-5H2,1-3H3,(H,15,16,18)/t7-,8+. The van der Waals surface area contributed by atoms with Gasteiger partial charge >= 0.3 is 0 Å². The van der Waals surface area contributed by atoms with Gasteiger partial charge in [0, 0.05) is 13.1 Å². The summed E-state index contributed by atoms with van der Waals surface area (Å²) >= 11 is 0. The summed E-state index contributed by atoms with van der Waals surface area (Å²) in [6.45, 7) is 6.50. The lowest BCUT2D eigenvalue weighted by Gasteiger charge is -2.35. The molecule has 1 saturated heterocycles.